The summed E-state index contributed by atoms with van der Waals surface area (Å²) in [6.45, 7) is 4.69. The highest BCUT2D eigenvalue weighted by molar-refractivity contribution is 6.30. The first-order valence-corrected chi connectivity index (χ1v) is 9.31. The highest BCUT2D eigenvalue weighted by Gasteiger charge is 2.22. The third-order valence-corrected chi connectivity index (χ3v) is 4.76. The van der Waals surface area contributed by atoms with Gasteiger partial charge in [-0.3, -0.25) is 9.59 Å². The van der Waals surface area contributed by atoms with E-state index in [2.05, 4.69) is 6.92 Å². The topological polar surface area (TPSA) is 49.9 Å². The van der Waals surface area contributed by atoms with Crippen molar-refractivity contribution in [2.24, 2.45) is 0 Å². The molecule has 5 nitrogen and oxygen atoms in total. The third kappa shape index (κ3) is 5.63. The van der Waals surface area contributed by atoms with Crippen LogP contribution in [0.1, 0.15) is 38.2 Å². The lowest BCUT2D eigenvalue weighted by Crippen LogP contribution is -2.37. The zero-order chi connectivity index (χ0) is 18.2. The first kappa shape index (κ1) is 19.6. The van der Waals surface area contributed by atoms with Crippen LogP contribution >= 0.6 is 11.6 Å². The molecule has 6 heteroatoms. The number of methoxy groups -OCH3 is 1. The van der Waals surface area contributed by atoms with Crippen molar-refractivity contribution in [2.45, 2.75) is 39.0 Å². The molecule has 1 saturated heterocycles. The second-order valence-corrected chi connectivity index (χ2v) is 6.79. The van der Waals surface area contributed by atoms with Gasteiger partial charge in [0.25, 0.3) is 0 Å². The Kier molecular flexibility index (Phi) is 7.56. The van der Waals surface area contributed by atoms with E-state index in [1.165, 1.54) is 0 Å². The van der Waals surface area contributed by atoms with Gasteiger partial charge in [0.05, 0.1) is 13.5 Å². The zero-order valence-corrected chi connectivity index (χ0v) is 15.8. The van der Waals surface area contributed by atoms with Gasteiger partial charge in [-0.25, -0.2) is 0 Å². The maximum absolute atomic E-state index is 12.7. The Balaban J connectivity index is 1.95. The van der Waals surface area contributed by atoms with Crippen molar-refractivity contribution in [3.05, 3.63) is 28.8 Å². The van der Waals surface area contributed by atoms with E-state index in [9.17, 15) is 9.59 Å². The maximum Gasteiger partial charge on any atom is 0.227 e. The monoisotopic (exact) mass is 366 g/mol. The van der Waals surface area contributed by atoms with Gasteiger partial charge in [-0.05, 0) is 31.0 Å². The van der Waals surface area contributed by atoms with E-state index < -0.39 is 0 Å². The number of amides is 2. The number of ether oxygens (including phenoxy) is 1. The van der Waals surface area contributed by atoms with Crippen molar-refractivity contribution in [1.82, 2.24) is 9.80 Å². The highest BCUT2D eigenvalue weighted by atomic mass is 35.5. The molecule has 25 heavy (non-hydrogen) atoms. The van der Waals surface area contributed by atoms with Crippen LogP contribution in [0.2, 0.25) is 5.02 Å². The van der Waals surface area contributed by atoms with Crippen LogP contribution in [0.5, 0.6) is 5.75 Å². The van der Waals surface area contributed by atoms with Crippen LogP contribution in [0.4, 0.5) is 0 Å². The normalized spacial score (nSPS) is 15.0. The van der Waals surface area contributed by atoms with E-state index in [0.717, 1.165) is 31.4 Å². The van der Waals surface area contributed by atoms with Crippen molar-refractivity contribution in [2.75, 3.05) is 33.3 Å². The molecule has 1 aliphatic heterocycles. The van der Waals surface area contributed by atoms with Gasteiger partial charge in [0, 0.05) is 43.2 Å². The summed E-state index contributed by atoms with van der Waals surface area (Å²) in [5, 5.41) is 0.590. The fourth-order valence-corrected chi connectivity index (χ4v) is 3.26. The Morgan fingerprint density at radius 2 is 1.80 bits per heavy atom. The molecule has 1 fully saturated rings. The van der Waals surface area contributed by atoms with Crippen LogP contribution < -0.4 is 4.74 Å². The number of benzene rings is 1. The molecule has 2 rings (SSSR count). The summed E-state index contributed by atoms with van der Waals surface area (Å²) in [6.07, 6.45) is 3.62. The highest BCUT2D eigenvalue weighted by Crippen LogP contribution is 2.23. The number of nitrogens with zero attached hydrogens (tertiary/aromatic N) is 2. The van der Waals surface area contributed by atoms with Gasteiger partial charge in [0.15, 0.2) is 0 Å². The van der Waals surface area contributed by atoms with E-state index >= 15 is 0 Å². The summed E-state index contributed by atoms with van der Waals surface area (Å²) < 4.78 is 5.32. The van der Waals surface area contributed by atoms with Gasteiger partial charge in [0.2, 0.25) is 11.8 Å². The average molecular weight is 367 g/mol. The lowest BCUT2D eigenvalue weighted by molar-refractivity contribution is -0.133. The van der Waals surface area contributed by atoms with Gasteiger partial charge in [0.1, 0.15) is 5.75 Å². The van der Waals surface area contributed by atoms with E-state index in [1.54, 1.807) is 25.3 Å². The molecular formula is C19H27ClN2O3. The number of carbonyl (C=O) groups excluding carboxylic acids is 2. The van der Waals surface area contributed by atoms with Gasteiger partial charge in [-0.2, -0.15) is 0 Å². The third-order valence-electron chi connectivity index (χ3n) is 4.53. The summed E-state index contributed by atoms with van der Waals surface area (Å²) in [7, 11) is 1.59. The molecule has 1 aromatic carbocycles. The molecule has 1 aromatic rings. The number of carbonyl (C=O) groups is 2. The Morgan fingerprint density at radius 1 is 1.12 bits per heavy atom. The number of hydrogen-bond acceptors (Lipinski definition) is 3. The number of unbranched alkanes of at least 4 members (excludes halogenated alkanes) is 1. The van der Waals surface area contributed by atoms with Crippen molar-refractivity contribution in [3.8, 4) is 5.75 Å². The molecule has 0 atom stereocenters. The first-order valence-electron chi connectivity index (χ1n) is 8.93. The summed E-state index contributed by atoms with van der Waals surface area (Å²) >= 11 is 6.04. The number of halogens is 1. The fourth-order valence-electron chi connectivity index (χ4n) is 3.06. The molecule has 2 amide bonds. The minimum absolute atomic E-state index is 0.0448. The lowest BCUT2D eigenvalue weighted by atomic mass is 10.1. The molecule has 1 aliphatic rings. The Bertz CT molecular complexity index is 606. The molecule has 0 saturated carbocycles. The van der Waals surface area contributed by atoms with Crippen molar-refractivity contribution < 1.29 is 14.3 Å². The SMILES string of the molecule is CCCCC(=O)N1CCCN(C(=O)Cc2cc(Cl)ccc2OC)CC1. The minimum atomic E-state index is 0.0448. The molecular weight excluding hydrogens is 340 g/mol. The molecule has 0 unspecified atom stereocenters. The fraction of sp³-hybridized carbons (Fsp3) is 0.579. The van der Waals surface area contributed by atoms with Crippen LogP contribution in [-0.2, 0) is 16.0 Å². The van der Waals surface area contributed by atoms with Gasteiger partial charge >= 0.3 is 0 Å². The molecule has 1 heterocycles. The molecule has 0 N–H and O–H groups in total. The van der Waals surface area contributed by atoms with Crippen LogP contribution in [0.25, 0.3) is 0 Å². The van der Waals surface area contributed by atoms with Crippen LogP contribution in [0.15, 0.2) is 18.2 Å². The quantitative estimate of drug-likeness (QED) is 0.777. The molecule has 0 aromatic heterocycles. The Labute approximate surface area is 154 Å². The summed E-state index contributed by atoms with van der Waals surface area (Å²) in [6, 6.07) is 5.30. The number of rotatable bonds is 6. The van der Waals surface area contributed by atoms with Crippen LogP contribution in [-0.4, -0.2) is 54.9 Å². The summed E-state index contributed by atoms with van der Waals surface area (Å²) in [4.78, 5) is 28.6. The van der Waals surface area contributed by atoms with E-state index in [1.807, 2.05) is 9.80 Å². The summed E-state index contributed by atoms with van der Waals surface area (Å²) in [5.41, 5.74) is 0.792. The maximum atomic E-state index is 12.7. The second-order valence-electron chi connectivity index (χ2n) is 6.35. The largest absolute Gasteiger partial charge is 0.496 e. The van der Waals surface area contributed by atoms with E-state index in [0.29, 0.717) is 36.8 Å². The van der Waals surface area contributed by atoms with Gasteiger partial charge in [-0.1, -0.05) is 24.9 Å². The lowest BCUT2D eigenvalue weighted by Gasteiger charge is -2.22. The zero-order valence-electron chi connectivity index (χ0n) is 15.1. The molecule has 0 aliphatic carbocycles. The minimum Gasteiger partial charge on any atom is -0.496 e. The van der Waals surface area contributed by atoms with Gasteiger partial charge < -0.3 is 14.5 Å². The molecule has 0 spiro atoms. The predicted molar refractivity (Wildman–Crippen MR) is 99.0 cm³/mol. The van der Waals surface area contributed by atoms with Crippen LogP contribution in [0, 0.1) is 0 Å². The van der Waals surface area contributed by atoms with E-state index in [-0.39, 0.29) is 18.2 Å². The summed E-state index contributed by atoms with van der Waals surface area (Å²) in [5.74, 6) is 0.917. The van der Waals surface area contributed by atoms with Crippen LogP contribution in [0.3, 0.4) is 0 Å². The van der Waals surface area contributed by atoms with Crippen molar-refractivity contribution in [3.63, 3.8) is 0 Å². The molecule has 138 valence electrons. The Morgan fingerprint density at radius 3 is 2.44 bits per heavy atom. The average Bonchev–Trinajstić information content (AvgIpc) is 2.86. The first-order chi connectivity index (χ1) is 12.0. The predicted octanol–water partition coefficient (Wildman–Crippen LogP) is 3.14. The molecule has 0 radical (unpaired) electrons. The Hall–Kier alpha value is -1.75. The standard InChI is InChI=1S/C19H27ClN2O3/c1-3-4-6-18(23)21-9-5-10-22(12-11-21)19(24)14-15-13-16(20)7-8-17(15)25-2/h7-8,13H,3-6,9-12,14H2,1-2H3. The van der Waals surface area contributed by atoms with E-state index in [4.69, 9.17) is 16.3 Å². The second kappa shape index (κ2) is 9.66. The van der Waals surface area contributed by atoms with Crippen molar-refractivity contribution >= 4 is 23.4 Å². The molecule has 0 bridgehead atoms. The number of hydrogen-bond donors (Lipinski definition) is 0. The van der Waals surface area contributed by atoms with Gasteiger partial charge in [-0.15, -0.1) is 0 Å². The smallest absolute Gasteiger partial charge is 0.227 e. The van der Waals surface area contributed by atoms with Crippen molar-refractivity contribution in [1.29, 1.82) is 0 Å².